The first-order chi connectivity index (χ1) is 11.3. The van der Waals surface area contributed by atoms with Gasteiger partial charge in [-0.15, -0.1) is 0 Å². The van der Waals surface area contributed by atoms with Gasteiger partial charge in [0.15, 0.2) is 0 Å². The van der Waals surface area contributed by atoms with Crippen LogP contribution in [0, 0.1) is 0 Å². The monoisotopic (exact) mass is 306 g/mol. The van der Waals surface area contributed by atoms with E-state index >= 15 is 0 Å². The van der Waals surface area contributed by atoms with E-state index < -0.39 is 0 Å². The van der Waals surface area contributed by atoms with Crippen LogP contribution in [0.2, 0.25) is 0 Å². The van der Waals surface area contributed by atoms with Crippen molar-refractivity contribution in [3.8, 4) is 11.5 Å². The summed E-state index contributed by atoms with van der Waals surface area (Å²) in [6.45, 7) is 0.892. The summed E-state index contributed by atoms with van der Waals surface area (Å²) in [6.07, 6.45) is 4.34. The van der Waals surface area contributed by atoms with Gasteiger partial charge in [0, 0.05) is 23.7 Å². The Hall–Kier alpha value is -2.88. The quantitative estimate of drug-likeness (QED) is 0.774. The van der Waals surface area contributed by atoms with Crippen molar-refractivity contribution in [1.82, 2.24) is 4.57 Å². The van der Waals surface area contributed by atoms with E-state index in [2.05, 4.69) is 34.2 Å². The Kier molecular flexibility index (Phi) is 3.23. The molecule has 4 heteroatoms. The molecule has 2 aromatic carbocycles. The van der Waals surface area contributed by atoms with Gasteiger partial charge in [0.2, 0.25) is 0 Å². The van der Waals surface area contributed by atoms with Crippen molar-refractivity contribution >= 4 is 28.4 Å². The van der Waals surface area contributed by atoms with E-state index in [1.807, 2.05) is 30.3 Å². The van der Waals surface area contributed by atoms with Crippen LogP contribution >= 0.6 is 0 Å². The third-order valence-electron chi connectivity index (χ3n) is 4.24. The van der Waals surface area contributed by atoms with Crippen molar-refractivity contribution in [3.63, 3.8) is 0 Å². The molecular weight excluding hydrogens is 288 g/mol. The minimum atomic E-state index is 0.854. The molecule has 23 heavy (non-hydrogen) atoms. The highest BCUT2D eigenvalue weighted by Gasteiger charge is 2.18. The summed E-state index contributed by atoms with van der Waals surface area (Å²) in [5.41, 5.74) is 4.54. The molecule has 4 rings (SSSR count). The second kappa shape index (κ2) is 5.39. The van der Waals surface area contributed by atoms with Gasteiger partial charge >= 0.3 is 0 Å². The standard InChI is InChI=1S/C19H18N2O2/c1-22-14-7-5-13(6-8-14)20-19-16-10-9-15(23-2)12-18(16)21-11-3-4-17(19)21/h3-10,12,20H,11H2,1-2H3. The highest BCUT2D eigenvalue weighted by molar-refractivity contribution is 6.01. The maximum absolute atomic E-state index is 5.37. The Labute approximate surface area is 134 Å². The van der Waals surface area contributed by atoms with E-state index in [0.29, 0.717) is 0 Å². The molecule has 0 fully saturated rings. The molecule has 4 nitrogen and oxygen atoms in total. The van der Waals surface area contributed by atoms with Gasteiger partial charge in [-0.05, 0) is 42.5 Å². The summed E-state index contributed by atoms with van der Waals surface area (Å²) < 4.78 is 12.9. The molecule has 0 spiro atoms. The van der Waals surface area contributed by atoms with Crippen molar-refractivity contribution in [3.05, 3.63) is 54.2 Å². The van der Waals surface area contributed by atoms with Crippen LogP contribution in [-0.2, 0) is 6.54 Å². The van der Waals surface area contributed by atoms with Gasteiger partial charge < -0.3 is 19.4 Å². The topological polar surface area (TPSA) is 35.4 Å². The Morgan fingerprint density at radius 2 is 1.70 bits per heavy atom. The number of anilines is 2. The molecule has 1 aliphatic rings. The number of methoxy groups -OCH3 is 2. The average molecular weight is 306 g/mol. The normalized spacial score (nSPS) is 12.4. The molecule has 0 bridgehead atoms. The third kappa shape index (κ3) is 2.23. The SMILES string of the molecule is COc1ccc(Nc2c3n(c4cc(OC)ccc24)CC=C3)cc1. The van der Waals surface area contributed by atoms with E-state index in [-0.39, 0.29) is 0 Å². The van der Waals surface area contributed by atoms with Crippen LogP contribution < -0.4 is 14.8 Å². The van der Waals surface area contributed by atoms with Gasteiger partial charge in [-0.3, -0.25) is 0 Å². The van der Waals surface area contributed by atoms with Crippen LogP contribution in [0.3, 0.4) is 0 Å². The molecule has 1 N–H and O–H groups in total. The molecule has 1 aromatic heterocycles. The molecule has 0 aliphatic carbocycles. The zero-order valence-corrected chi connectivity index (χ0v) is 13.2. The lowest BCUT2D eigenvalue weighted by Crippen LogP contribution is -1.94. The number of hydrogen-bond donors (Lipinski definition) is 1. The number of allylic oxidation sites excluding steroid dienone is 1. The number of aromatic nitrogens is 1. The number of nitrogens with one attached hydrogen (secondary N) is 1. The Morgan fingerprint density at radius 3 is 2.43 bits per heavy atom. The second-order valence-corrected chi connectivity index (χ2v) is 5.51. The number of nitrogens with zero attached hydrogens (tertiary/aromatic N) is 1. The molecule has 0 saturated heterocycles. The van der Waals surface area contributed by atoms with Gasteiger partial charge in [0.1, 0.15) is 11.5 Å². The van der Waals surface area contributed by atoms with Gasteiger partial charge in [0.25, 0.3) is 0 Å². The largest absolute Gasteiger partial charge is 0.497 e. The van der Waals surface area contributed by atoms with Crippen LogP contribution in [0.4, 0.5) is 11.4 Å². The molecular formula is C19H18N2O2. The lowest BCUT2D eigenvalue weighted by atomic mass is 10.2. The first-order valence-corrected chi connectivity index (χ1v) is 7.58. The van der Waals surface area contributed by atoms with Crippen LogP contribution in [0.25, 0.3) is 17.0 Å². The van der Waals surface area contributed by atoms with E-state index in [4.69, 9.17) is 9.47 Å². The number of hydrogen-bond acceptors (Lipinski definition) is 3. The summed E-state index contributed by atoms with van der Waals surface area (Å²) >= 11 is 0. The molecule has 116 valence electrons. The van der Waals surface area contributed by atoms with Crippen LogP contribution in [-0.4, -0.2) is 18.8 Å². The minimum absolute atomic E-state index is 0.854. The molecule has 0 amide bonds. The Morgan fingerprint density at radius 1 is 0.957 bits per heavy atom. The molecule has 0 saturated carbocycles. The van der Waals surface area contributed by atoms with E-state index in [9.17, 15) is 0 Å². The van der Waals surface area contributed by atoms with Gasteiger partial charge in [-0.2, -0.15) is 0 Å². The number of fused-ring (bicyclic) bond motifs is 3. The lowest BCUT2D eigenvalue weighted by molar-refractivity contribution is 0.415. The molecule has 1 aliphatic heterocycles. The number of rotatable bonds is 4. The maximum atomic E-state index is 5.37. The van der Waals surface area contributed by atoms with E-state index in [1.54, 1.807) is 14.2 Å². The minimum Gasteiger partial charge on any atom is -0.497 e. The first-order valence-electron chi connectivity index (χ1n) is 7.58. The summed E-state index contributed by atoms with van der Waals surface area (Å²) in [4.78, 5) is 0. The molecule has 3 aromatic rings. The van der Waals surface area contributed by atoms with Crippen LogP contribution in [0.1, 0.15) is 5.69 Å². The summed E-state index contributed by atoms with van der Waals surface area (Å²) in [5, 5.41) is 4.74. The average Bonchev–Trinajstić information content (AvgIpc) is 3.18. The number of ether oxygens (including phenoxy) is 2. The van der Waals surface area contributed by atoms with Crippen molar-refractivity contribution in [1.29, 1.82) is 0 Å². The van der Waals surface area contributed by atoms with Gasteiger partial charge in [-0.1, -0.05) is 6.08 Å². The zero-order valence-electron chi connectivity index (χ0n) is 13.2. The molecule has 0 radical (unpaired) electrons. The zero-order chi connectivity index (χ0) is 15.8. The van der Waals surface area contributed by atoms with Crippen LogP contribution in [0.15, 0.2) is 48.5 Å². The Bertz CT molecular complexity index is 892. The highest BCUT2D eigenvalue weighted by Crippen LogP contribution is 2.38. The smallest absolute Gasteiger partial charge is 0.120 e. The summed E-state index contributed by atoms with van der Waals surface area (Å²) in [5.74, 6) is 1.73. The number of benzene rings is 2. The predicted molar refractivity (Wildman–Crippen MR) is 93.8 cm³/mol. The molecule has 0 atom stereocenters. The fourth-order valence-corrected chi connectivity index (χ4v) is 3.07. The molecule has 2 heterocycles. The van der Waals surface area contributed by atoms with Gasteiger partial charge in [0.05, 0.1) is 31.1 Å². The summed E-state index contributed by atoms with van der Waals surface area (Å²) in [7, 11) is 3.37. The molecule has 0 unspecified atom stereocenters. The third-order valence-corrected chi connectivity index (χ3v) is 4.24. The second-order valence-electron chi connectivity index (χ2n) is 5.51. The van der Waals surface area contributed by atoms with Gasteiger partial charge in [-0.25, -0.2) is 0 Å². The van der Waals surface area contributed by atoms with Crippen LogP contribution in [0.5, 0.6) is 11.5 Å². The summed E-state index contributed by atoms with van der Waals surface area (Å²) in [6, 6.07) is 14.2. The van der Waals surface area contributed by atoms with Crippen molar-refractivity contribution < 1.29 is 9.47 Å². The van der Waals surface area contributed by atoms with Crippen molar-refractivity contribution in [2.45, 2.75) is 6.54 Å². The first kappa shape index (κ1) is 13.8. The van der Waals surface area contributed by atoms with E-state index in [0.717, 1.165) is 29.4 Å². The predicted octanol–water partition coefficient (Wildman–Crippen LogP) is 4.43. The van der Waals surface area contributed by atoms with E-state index in [1.165, 1.54) is 16.6 Å². The fourth-order valence-electron chi connectivity index (χ4n) is 3.07. The maximum Gasteiger partial charge on any atom is 0.120 e. The Balaban J connectivity index is 1.81. The van der Waals surface area contributed by atoms with Crippen molar-refractivity contribution in [2.75, 3.05) is 19.5 Å². The fraction of sp³-hybridized carbons (Fsp3) is 0.158. The van der Waals surface area contributed by atoms with Crippen molar-refractivity contribution in [2.24, 2.45) is 0 Å². The highest BCUT2D eigenvalue weighted by atomic mass is 16.5. The lowest BCUT2D eigenvalue weighted by Gasteiger charge is -2.08.